The number of halogens is 3. The van der Waals surface area contributed by atoms with Crippen molar-refractivity contribution in [1.82, 2.24) is 29.6 Å². The molecule has 0 N–H and O–H groups in total. The Hall–Kier alpha value is -3.76. The molecule has 0 saturated heterocycles. The normalized spacial score (nSPS) is 11.8. The molecule has 8 nitrogen and oxygen atoms in total. The second-order valence-electron chi connectivity index (χ2n) is 6.77. The number of nitrogens with zero attached hydrogens (tertiary/aromatic N) is 6. The van der Waals surface area contributed by atoms with Gasteiger partial charge in [-0.05, 0) is 24.3 Å². The van der Waals surface area contributed by atoms with Gasteiger partial charge in [-0.2, -0.15) is 18.2 Å². The molecule has 4 aromatic rings. The van der Waals surface area contributed by atoms with Crippen molar-refractivity contribution >= 4 is 16.8 Å². The molecule has 0 aliphatic rings. The van der Waals surface area contributed by atoms with Crippen molar-refractivity contribution in [3.05, 3.63) is 48.2 Å². The van der Waals surface area contributed by atoms with Crippen LogP contribution in [0.1, 0.15) is 16.4 Å². The summed E-state index contributed by atoms with van der Waals surface area (Å²) in [4.78, 5) is 25.8. The van der Waals surface area contributed by atoms with Gasteiger partial charge in [0.05, 0.1) is 23.1 Å². The first-order chi connectivity index (χ1) is 14.1. The van der Waals surface area contributed by atoms with Crippen molar-refractivity contribution in [1.29, 1.82) is 0 Å². The maximum absolute atomic E-state index is 12.7. The molecular weight excluding hydrogens is 401 g/mol. The Labute approximate surface area is 168 Å². The summed E-state index contributed by atoms with van der Waals surface area (Å²) in [5, 5.41) is 4.17. The molecule has 0 aliphatic carbocycles. The van der Waals surface area contributed by atoms with Gasteiger partial charge in [-0.3, -0.25) is 14.8 Å². The van der Waals surface area contributed by atoms with Gasteiger partial charge < -0.3 is 14.0 Å². The van der Waals surface area contributed by atoms with Gasteiger partial charge in [-0.25, -0.2) is 0 Å². The molecule has 11 heteroatoms. The minimum atomic E-state index is -4.72. The van der Waals surface area contributed by atoms with Crippen LogP contribution in [0.4, 0.5) is 13.2 Å². The maximum atomic E-state index is 12.7. The zero-order valence-electron chi connectivity index (χ0n) is 16.1. The van der Waals surface area contributed by atoms with Crippen molar-refractivity contribution < 1.29 is 22.5 Å². The van der Waals surface area contributed by atoms with E-state index in [1.54, 1.807) is 44.0 Å². The number of alkyl halides is 3. The molecule has 0 fully saturated rings. The van der Waals surface area contributed by atoms with E-state index in [4.69, 9.17) is 0 Å². The fraction of sp³-hybridized carbons (Fsp3) is 0.211. The van der Waals surface area contributed by atoms with Crippen molar-refractivity contribution in [2.24, 2.45) is 7.05 Å². The van der Waals surface area contributed by atoms with E-state index >= 15 is 0 Å². The minimum absolute atomic E-state index is 0.145. The molecule has 0 aromatic carbocycles. The Morgan fingerprint density at radius 2 is 1.87 bits per heavy atom. The molecule has 30 heavy (non-hydrogen) atoms. The Kier molecular flexibility index (Phi) is 4.52. The van der Waals surface area contributed by atoms with E-state index in [0.717, 1.165) is 10.9 Å². The van der Waals surface area contributed by atoms with Crippen molar-refractivity contribution in [2.75, 3.05) is 14.1 Å². The summed E-state index contributed by atoms with van der Waals surface area (Å²) in [6, 6.07) is 6.50. The van der Waals surface area contributed by atoms with Crippen molar-refractivity contribution in [2.45, 2.75) is 6.18 Å². The fourth-order valence-corrected chi connectivity index (χ4v) is 2.97. The van der Waals surface area contributed by atoms with Gasteiger partial charge in [0.15, 0.2) is 0 Å². The molecule has 0 aliphatic heterocycles. The second-order valence-corrected chi connectivity index (χ2v) is 6.77. The molecule has 0 atom stereocenters. The lowest BCUT2D eigenvalue weighted by Crippen LogP contribution is -2.23. The summed E-state index contributed by atoms with van der Waals surface area (Å²) in [6.07, 6.45) is -1.68. The Bertz CT molecular complexity index is 1260. The van der Waals surface area contributed by atoms with Crippen LogP contribution in [0.15, 0.2) is 41.2 Å². The number of rotatable bonds is 3. The minimum Gasteiger partial charge on any atom is -0.343 e. The van der Waals surface area contributed by atoms with Crippen LogP contribution in [0.5, 0.6) is 0 Å². The third-order valence-corrected chi connectivity index (χ3v) is 4.50. The first-order valence-corrected chi connectivity index (χ1v) is 8.70. The summed E-state index contributed by atoms with van der Waals surface area (Å²) in [7, 11) is 5.11. The van der Waals surface area contributed by atoms with Crippen LogP contribution < -0.4 is 0 Å². The van der Waals surface area contributed by atoms with Gasteiger partial charge in [0, 0.05) is 38.3 Å². The number of aromatic nitrogens is 5. The third kappa shape index (κ3) is 3.38. The SMILES string of the molecule is CN(C)C(=O)c1cc2cc(-c3cc(-c4noc(C(F)(F)F)n4)ccn3)ncc2n1C. The quantitative estimate of drug-likeness (QED) is 0.509. The van der Waals surface area contributed by atoms with E-state index in [1.807, 2.05) is 0 Å². The van der Waals surface area contributed by atoms with Crippen LogP contribution in [0, 0.1) is 0 Å². The summed E-state index contributed by atoms with van der Waals surface area (Å²) < 4.78 is 44.1. The molecule has 0 unspecified atom stereocenters. The predicted octanol–water partition coefficient (Wildman–Crippen LogP) is 3.41. The van der Waals surface area contributed by atoms with E-state index < -0.39 is 12.1 Å². The molecular formula is C19H15F3N6O2. The highest BCUT2D eigenvalue weighted by atomic mass is 19.4. The predicted molar refractivity (Wildman–Crippen MR) is 100 cm³/mol. The summed E-state index contributed by atoms with van der Waals surface area (Å²) >= 11 is 0. The van der Waals surface area contributed by atoms with E-state index in [0.29, 0.717) is 22.6 Å². The fourth-order valence-electron chi connectivity index (χ4n) is 2.97. The molecule has 0 radical (unpaired) electrons. The Balaban J connectivity index is 1.73. The maximum Gasteiger partial charge on any atom is 0.471 e. The Morgan fingerprint density at radius 1 is 1.13 bits per heavy atom. The standard InChI is InChI=1S/C19H15F3N6O2/c1-27(2)17(29)14-8-11-7-13(24-9-15(11)28(14)3)12-6-10(4-5-23-12)16-25-18(30-26-16)19(20,21)22/h4-9H,1-3H3. The first kappa shape index (κ1) is 19.6. The van der Waals surface area contributed by atoms with Crippen LogP contribution in [0.3, 0.4) is 0 Å². The average molecular weight is 416 g/mol. The van der Waals surface area contributed by atoms with Crippen molar-refractivity contribution in [3.8, 4) is 22.8 Å². The first-order valence-electron chi connectivity index (χ1n) is 8.70. The number of hydrogen-bond donors (Lipinski definition) is 0. The van der Waals surface area contributed by atoms with E-state index in [-0.39, 0.29) is 11.7 Å². The molecule has 154 valence electrons. The van der Waals surface area contributed by atoms with Gasteiger partial charge in [0.1, 0.15) is 5.69 Å². The lowest BCUT2D eigenvalue weighted by Gasteiger charge is -2.10. The highest BCUT2D eigenvalue weighted by Gasteiger charge is 2.38. The molecule has 4 aromatic heterocycles. The third-order valence-electron chi connectivity index (χ3n) is 4.50. The molecule has 0 bridgehead atoms. The second kappa shape index (κ2) is 6.94. The van der Waals surface area contributed by atoms with Gasteiger partial charge in [0.25, 0.3) is 5.91 Å². The smallest absolute Gasteiger partial charge is 0.343 e. The summed E-state index contributed by atoms with van der Waals surface area (Å²) in [5.74, 6) is -1.77. The van der Waals surface area contributed by atoms with Crippen LogP contribution >= 0.6 is 0 Å². The molecule has 0 spiro atoms. The lowest BCUT2D eigenvalue weighted by atomic mass is 10.1. The van der Waals surface area contributed by atoms with Crippen molar-refractivity contribution in [3.63, 3.8) is 0 Å². The molecule has 4 rings (SSSR count). The van der Waals surface area contributed by atoms with Crippen LogP contribution in [-0.2, 0) is 13.2 Å². The lowest BCUT2D eigenvalue weighted by molar-refractivity contribution is -0.159. The van der Waals surface area contributed by atoms with Crippen LogP contribution in [-0.4, -0.2) is 49.6 Å². The molecule has 4 heterocycles. The number of amides is 1. The van der Waals surface area contributed by atoms with Gasteiger partial charge in [-0.15, -0.1) is 0 Å². The van der Waals surface area contributed by atoms with Crippen LogP contribution in [0.25, 0.3) is 33.7 Å². The number of hydrogen-bond acceptors (Lipinski definition) is 6. The Morgan fingerprint density at radius 3 is 2.53 bits per heavy atom. The van der Waals surface area contributed by atoms with E-state index in [1.165, 1.54) is 23.2 Å². The summed E-state index contributed by atoms with van der Waals surface area (Å²) in [6.45, 7) is 0. The number of carbonyl (C=O) groups excluding carboxylic acids is 1. The monoisotopic (exact) mass is 416 g/mol. The zero-order valence-corrected chi connectivity index (χ0v) is 16.1. The van der Waals surface area contributed by atoms with E-state index in [2.05, 4.69) is 24.6 Å². The van der Waals surface area contributed by atoms with Gasteiger partial charge >= 0.3 is 12.1 Å². The molecule has 1 amide bonds. The number of carbonyl (C=O) groups is 1. The average Bonchev–Trinajstić information content (AvgIpc) is 3.33. The largest absolute Gasteiger partial charge is 0.471 e. The molecule has 0 saturated carbocycles. The summed E-state index contributed by atoms with van der Waals surface area (Å²) in [5.41, 5.74) is 2.46. The van der Waals surface area contributed by atoms with Crippen LogP contribution in [0.2, 0.25) is 0 Å². The van der Waals surface area contributed by atoms with Gasteiger partial charge in [0.2, 0.25) is 5.82 Å². The zero-order chi connectivity index (χ0) is 21.6. The van der Waals surface area contributed by atoms with E-state index in [9.17, 15) is 18.0 Å². The topological polar surface area (TPSA) is 89.9 Å². The number of aryl methyl sites for hydroxylation is 1. The highest BCUT2D eigenvalue weighted by molar-refractivity contribution is 5.98. The van der Waals surface area contributed by atoms with Gasteiger partial charge in [-0.1, -0.05) is 5.16 Å². The highest BCUT2D eigenvalue weighted by Crippen LogP contribution is 2.30. The number of fused-ring (bicyclic) bond motifs is 1. The number of pyridine rings is 2.